The van der Waals surface area contributed by atoms with Crippen LogP contribution in [0.25, 0.3) is 0 Å². The zero-order valence-electron chi connectivity index (χ0n) is 19.9. The third-order valence-electron chi connectivity index (χ3n) is 5.89. The molecule has 0 bridgehead atoms. The Balaban J connectivity index is 1.68. The smallest absolute Gasteiger partial charge is 0.257 e. The largest absolute Gasteiger partial charge is 0.493 e. The van der Waals surface area contributed by atoms with E-state index in [1.165, 1.54) is 16.2 Å². The summed E-state index contributed by atoms with van der Waals surface area (Å²) in [5.41, 5.74) is 7.88. The molecule has 178 valence electrons. The molecule has 0 saturated carbocycles. The molecule has 0 saturated heterocycles. The van der Waals surface area contributed by atoms with Crippen molar-refractivity contribution in [3.8, 4) is 5.75 Å². The van der Waals surface area contributed by atoms with E-state index in [2.05, 4.69) is 45.3 Å². The van der Waals surface area contributed by atoms with Gasteiger partial charge in [0.2, 0.25) is 0 Å². The number of carbonyl (C=O) groups is 2. The van der Waals surface area contributed by atoms with Gasteiger partial charge in [0.1, 0.15) is 10.8 Å². The first kappa shape index (κ1) is 25.2. The standard InChI is InChI=1S/C25H33N3O3S2/c1-14(2)13-31-17-9-6-15(7-10-17)22(30)27-24(32)28-23-20(21(26)29)18-11-8-16(25(3,4)5)12-19(18)33-23/h6-7,9-10,14,16H,8,11-13H2,1-5H3,(H2,26,29)(H2,27,28,30,32)/t16-/m0/s1. The highest BCUT2D eigenvalue weighted by atomic mass is 32.1. The summed E-state index contributed by atoms with van der Waals surface area (Å²) in [7, 11) is 0. The van der Waals surface area contributed by atoms with Crippen LogP contribution in [0.2, 0.25) is 0 Å². The lowest BCUT2D eigenvalue weighted by molar-refractivity contribution is 0.0975. The zero-order valence-corrected chi connectivity index (χ0v) is 21.5. The van der Waals surface area contributed by atoms with Crippen LogP contribution in [0.1, 0.15) is 72.2 Å². The summed E-state index contributed by atoms with van der Waals surface area (Å²) in [6, 6.07) is 6.91. The molecule has 1 aromatic heterocycles. The minimum Gasteiger partial charge on any atom is -0.493 e. The van der Waals surface area contributed by atoms with Gasteiger partial charge in [-0.15, -0.1) is 11.3 Å². The number of nitrogens with two attached hydrogens (primary N) is 1. The molecule has 6 nitrogen and oxygen atoms in total. The van der Waals surface area contributed by atoms with Crippen molar-refractivity contribution >= 4 is 45.5 Å². The second-order valence-electron chi connectivity index (χ2n) is 10.0. The number of primary amides is 1. The van der Waals surface area contributed by atoms with Crippen molar-refractivity contribution in [3.05, 3.63) is 45.8 Å². The van der Waals surface area contributed by atoms with E-state index in [4.69, 9.17) is 22.7 Å². The van der Waals surface area contributed by atoms with E-state index in [1.807, 2.05) is 0 Å². The first-order chi connectivity index (χ1) is 15.5. The van der Waals surface area contributed by atoms with Gasteiger partial charge in [-0.25, -0.2) is 0 Å². The van der Waals surface area contributed by atoms with E-state index in [0.29, 0.717) is 40.3 Å². The predicted molar refractivity (Wildman–Crippen MR) is 138 cm³/mol. The molecule has 1 heterocycles. The van der Waals surface area contributed by atoms with Crippen LogP contribution in [-0.4, -0.2) is 23.5 Å². The van der Waals surface area contributed by atoms with Crippen molar-refractivity contribution in [2.45, 2.75) is 53.9 Å². The van der Waals surface area contributed by atoms with Crippen LogP contribution in [0, 0.1) is 17.3 Å². The summed E-state index contributed by atoms with van der Waals surface area (Å²) >= 11 is 6.87. The number of ether oxygens (including phenoxy) is 1. The van der Waals surface area contributed by atoms with Gasteiger partial charge < -0.3 is 15.8 Å². The number of rotatable bonds is 6. The molecule has 1 atom stereocenters. The number of nitrogens with one attached hydrogen (secondary N) is 2. The number of anilines is 1. The molecule has 1 aliphatic rings. The Morgan fingerprint density at radius 3 is 2.48 bits per heavy atom. The number of hydrogen-bond acceptors (Lipinski definition) is 5. The summed E-state index contributed by atoms with van der Waals surface area (Å²) < 4.78 is 5.65. The third kappa shape index (κ3) is 6.32. The highest BCUT2D eigenvalue weighted by Crippen LogP contribution is 2.44. The van der Waals surface area contributed by atoms with Crippen molar-refractivity contribution in [1.82, 2.24) is 5.32 Å². The maximum absolute atomic E-state index is 12.6. The Morgan fingerprint density at radius 2 is 1.91 bits per heavy atom. The maximum atomic E-state index is 12.6. The number of thiocarbonyl (C=S) groups is 1. The molecule has 2 aromatic rings. The number of hydrogen-bond donors (Lipinski definition) is 3. The summed E-state index contributed by atoms with van der Waals surface area (Å²) in [6.45, 7) is 11.5. The lowest BCUT2D eigenvalue weighted by Gasteiger charge is -2.33. The van der Waals surface area contributed by atoms with E-state index in [1.54, 1.807) is 24.3 Å². The normalized spacial score (nSPS) is 15.6. The number of fused-ring (bicyclic) bond motifs is 1. The molecule has 1 aromatic carbocycles. The first-order valence-electron chi connectivity index (χ1n) is 11.2. The van der Waals surface area contributed by atoms with E-state index in [9.17, 15) is 9.59 Å². The SMILES string of the molecule is CC(C)COc1ccc(C(=O)NC(=S)Nc2sc3c(c2C(N)=O)CC[C@H](C(C)(C)C)C3)cc1. The van der Waals surface area contributed by atoms with Crippen molar-refractivity contribution in [3.63, 3.8) is 0 Å². The predicted octanol–water partition coefficient (Wildman–Crippen LogP) is 5.16. The van der Waals surface area contributed by atoms with Gasteiger partial charge in [0.25, 0.3) is 11.8 Å². The quantitative estimate of drug-likeness (QED) is 0.490. The van der Waals surface area contributed by atoms with Crippen LogP contribution in [0.5, 0.6) is 5.75 Å². The molecule has 0 unspecified atom stereocenters. The van der Waals surface area contributed by atoms with Crippen LogP contribution >= 0.6 is 23.6 Å². The molecule has 2 amide bonds. The molecular weight excluding hydrogens is 454 g/mol. The Morgan fingerprint density at radius 1 is 1.24 bits per heavy atom. The number of carbonyl (C=O) groups excluding carboxylic acids is 2. The molecule has 0 spiro atoms. The molecule has 1 aliphatic carbocycles. The van der Waals surface area contributed by atoms with E-state index < -0.39 is 5.91 Å². The Labute approximate surface area is 205 Å². The van der Waals surface area contributed by atoms with Gasteiger partial charge in [0, 0.05) is 10.4 Å². The fraction of sp³-hybridized carbons (Fsp3) is 0.480. The highest BCUT2D eigenvalue weighted by Gasteiger charge is 2.33. The number of amides is 2. The minimum absolute atomic E-state index is 0.133. The van der Waals surface area contributed by atoms with Gasteiger partial charge in [-0.1, -0.05) is 34.6 Å². The third-order valence-corrected chi connectivity index (χ3v) is 7.26. The maximum Gasteiger partial charge on any atom is 0.257 e. The Kier molecular flexibility index (Phi) is 7.80. The van der Waals surface area contributed by atoms with Gasteiger partial charge in [0.05, 0.1) is 12.2 Å². The molecule has 3 rings (SSSR count). The highest BCUT2D eigenvalue weighted by molar-refractivity contribution is 7.80. The van der Waals surface area contributed by atoms with Crippen LogP contribution < -0.4 is 21.1 Å². The van der Waals surface area contributed by atoms with Crippen molar-refractivity contribution in [2.75, 3.05) is 11.9 Å². The lowest BCUT2D eigenvalue weighted by atomic mass is 9.72. The van der Waals surface area contributed by atoms with E-state index in [-0.39, 0.29) is 16.4 Å². The lowest BCUT2D eigenvalue weighted by Crippen LogP contribution is -2.34. The van der Waals surface area contributed by atoms with Crippen LogP contribution in [0.4, 0.5) is 5.00 Å². The molecule has 0 radical (unpaired) electrons. The monoisotopic (exact) mass is 487 g/mol. The van der Waals surface area contributed by atoms with E-state index in [0.717, 1.165) is 24.8 Å². The van der Waals surface area contributed by atoms with Crippen molar-refractivity contribution in [2.24, 2.45) is 23.0 Å². The number of thiophene rings is 1. The van der Waals surface area contributed by atoms with Crippen LogP contribution in [0.3, 0.4) is 0 Å². The van der Waals surface area contributed by atoms with E-state index >= 15 is 0 Å². The van der Waals surface area contributed by atoms with Gasteiger partial charge >= 0.3 is 0 Å². The molecule has 0 aliphatic heterocycles. The average Bonchev–Trinajstić information content (AvgIpc) is 3.08. The summed E-state index contributed by atoms with van der Waals surface area (Å²) in [6.07, 6.45) is 2.75. The van der Waals surface area contributed by atoms with Crippen molar-refractivity contribution in [1.29, 1.82) is 0 Å². The molecule has 0 fully saturated rings. The molecular formula is C25H33N3O3S2. The van der Waals surface area contributed by atoms with Gasteiger partial charge in [-0.3, -0.25) is 14.9 Å². The zero-order chi connectivity index (χ0) is 24.3. The first-order valence-corrected chi connectivity index (χ1v) is 12.5. The van der Waals surface area contributed by atoms with Gasteiger partial charge in [-0.2, -0.15) is 0 Å². The van der Waals surface area contributed by atoms with Crippen LogP contribution in [-0.2, 0) is 12.8 Å². The topological polar surface area (TPSA) is 93.4 Å². The summed E-state index contributed by atoms with van der Waals surface area (Å²) in [5, 5.41) is 6.46. The molecule has 33 heavy (non-hydrogen) atoms. The molecule has 8 heteroatoms. The Bertz CT molecular complexity index is 1040. The van der Waals surface area contributed by atoms with Gasteiger partial charge in [-0.05, 0) is 78.6 Å². The van der Waals surface area contributed by atoms with Crippen molar-refractivity contribution < 1.29 is 14.3 Å². The summed E-state index contributed by atoms with van der Waals surface area (Å²) in [4.78, 5) is 26.0. The average molecular weight is 488 g/mol. The minimum atomic E-state index is -0.477. The second kappa shape index (κ2) is 10.2. The molecule has 4 N–H and O–H groups in total. The Hall–Kier alpha value is -2.45. The van der Waals surface area contributed by atoms with Gasteiger partial charge in [0.15, 0.2) is 5.11 Å². The second-order valence-corrected chi connectivity index (χ2v) is 11.5. The fourth-order valence-electron chi connectivity index (χ4n) is 3.95. The van der Waals surface area contributed by atoms with Crippen LogP contribution in [0.15, 0.2) is 24.3 Å². The number of benzene rings is 1. The fourth-order valence-corrected chi connectivity index (χ4v) is 5.55. The summed E-state index contributed by atoms with van der Waals surface area (Å²) in [5.74, 6) is 0.859.